The number of halogens is 1. The minimum Gasteiger partial charge on any atom is -0.476 e. The lowest BCUT2D eigenvalue weighted by molar-refractivity contribution is 0.120. The van der Waals surface area contributed by atoms with E-state index in [9.17, 15) is 4.79 Å². The van der Waals surface area contributed by atoms with E-state index in [-0.39, 0.29) is 0 Å². The highest BCUT2D eigenvalue weighted by atomic mass is 35.5. The summed E-state index contributed by atoms with van der Waals surface area (Å²) in [6.07, 6.45) is -0.0823. The molecule has 0 atom stereocenters. The Morgan fingerprint density at radius 3 is 2.89 bits per heavy atom. The number of alkyl halides is 1. The Morgan fingerprint density at radius 1 is 1.37 bits per heavy atom. The number of rotatable bonds is 5. The summed E-state index contributed by atoms with van der Waals surface area (Å²) in [5.74, 6) is 1.24. The predicted octanol–water partition coefficient (Wildman–Crippen LogP) is 3.32. The minimum absolute atomic E-state index is 0.331. The van der Waals surface area contributed by atoms with Gasteiger partial charge in [0.15, 0.2) is 0 Å². The molecule has 2 rings (SSSR count). The van der Waals surface area contributed by atoms with Crippen molar-refractivity contribution in [3.8, 4) is 11.6 Å². The number of ether oxygens (including phenoxy) is 3. The molecule has 5 nitrogen and oxygen atoms in total. The Bertz CT molecular complexity index is 567. The number of carbonyl (C=O) groups excluding carboxylic acids is 1. The molecule has 6 heteroatoms. The number of aromatic nitrogens is 1. The average Bonchev–Trinajstić information content (AvgIpc) is 2.77. The normalized spacial score (nSPS) is 10.4. The van der Waals surface area contributed by atoms with Crippen LogP contribution in [0.15, 0.2) is 24.3 Å². The summed E-state index contributed by atoms with van der Waals surface area (Å²) in [6, 6.07) is 7.43. The van der Waals surface area contributed by atoms with Gasteiger partial charge in [-0.2, -0.15) is 0 Å². The van der Waals surface area contributed by atoms with E-state index in [4.69, 9.17) is 21.1 Å². The number of hydrogen-bond acceptors (Lipinski definition) is 4. The first-order valence-corrected chi connectivity index (χ1v) is 6.35. The van der Waals surface area contributed by atoms with Crippen LogP contribution >= 0.6 is 11.6 Å². The molecule has 0 bridgehead atoms. The van der Waals surface area contributed by atoms with Crippen LogP contribution in [0.3, 0.4) is 0 Å². The van der Waals surface area contributed by atoms with Gasteiger partial charge in [-0.3, -0.25) is 0 Å². The SMILES string of the molecule is COC(=O)Oc1c(OCCCCl)[nH]c2ccccc12. The van der Waals surface area contributed by atoms with Gasteiger partial charge in [-0.15, -0.1) is 11.6 Å². The number of para-hydroxylation sites is 1. The molecule has 1 aromatic heterocycles. The van der Waals surface area contributed by atoms with Crippen molar-refractivity contribution in [2.24, 2.45) is 0 Å². The van der Waals surface area contributed by atoms with Gasteiger partial charge in [0.1, 0.15) is 0 Å². The number of aromatic amines is 1. The molecule has 0 radical (unpaired) electrons. The van der Waals surface area contributed by atoms with Gasteiger partial charge in [0.05, 0.1) is 19.2 Å². The first-order chi connectivity index (χ1) is 9.26. The Hall–Kier alpha value is -1.88. The summed E-state index contributed by atoms with van der Waals surface area (Å²) in [4.78, 5) is 14.3. The van der Waals surface area contributed by atoms with Crippen LogP contribution in [0, 0.1) is 0 Å². The number of nitrogens with one attached hydrogen (secondary N) is 1. The fraction of sp³-hybridized carbons (Fsp3) is 0.308. The molecule has 0 aliphatic carbocycles. The quantitative estimate of drug-likeness (QED) is 0.519. The van der Waals surface area contributed by atoms with E-state index >= 15 is 0 Å². The minimum atomic E-state index is -0.785. The molecule has 2 aromatic rings. The Kier molecular flexibility index (Phi) is 4.52. The smallest absolute Gasteiger partial charge is 0.476 e. The van der Waals surface area contributed by atoms with Crippen molar-refractivity contribution in [1.82, 2.24) is 4.98 Å². The van der Waals surface area contributed by atoms with Gasteiger partial charge in [-0.05, 0) is 18.6 Å². The molecular weight excluding hydrogens is 270 g/mol. The molecule has 1 aromatic carbocycles. The zero-order valence-electron chi connectivity index (χ0n) is 10.4. The number of H-pyrrole nitrogens is 1. The van der Waals surface area contributed by atoms with Crippen LogP contribution in [0.2, 0.25) is 0 Å². The zero-order valence-corrected chi connectivity index (χ0v) is 11.2. The van der Waals surface area contributed by atoms with E-state index in [1.807, 2.05) is 24.3 Å². The molecule has 0 fully saturated rings. The van der Waals surface area contributed by atoms with Gasteiger partial charge >= 0.3 is 6.16 Å². The molecule has 0 amide bonds. The lowest BCUT2D eigenvalue weighted by atomic mass is 10.2. The second kappa shape index (κ2) is 6.33. The monoisotopic (exact) mass is 283 g/mol. The molecule has 0 unspecified atom stereocenters. The maximum absolute atomic E-state index is 11.3. The van der Waals surface area contributed by atoms with Crippen LogP contribution in [-0.4, -0.2) is 30.7 Å². The second-order valence-corrected chi connectivity index (χ2v) is 4.15. The summed E-state index contributed by atoms with van der Waals surface area (Å²) in [5.41, 5.74) is 0.822. The molecule has 0 spiro atoms. The number of benzene rings is 1. The summed E-state index contributed by atoms with van der Waals surface area (Å²) >= 11 is 5.60. The van der Waals surface area contributed by atoms with Crippen molar-refractivity contribution in [3.63, 3.8) is 0 Å². The largest absolute Gasteiger partial charge is 0.513 e. The molecule has 0 saturated heterocycles. The molecule has 0 aliphatic heterocycles. The summed E-state index contributed by atoms with van der Waals surface area (Å²) in [7, 11) is 1.26. The van der Waals surface area contributed by atoms with Gasteiger partial charge < -0.3 is 19.2 Å². The van der Waals surface area contributed by atoms with E-state index in [1.165, 1.54) is 7.11 Å². The number of carbonyl (C=O) groups is 1. The fourth-order valence-electron chi connectivity index (χ4n) is 1.65. The topological polar surface area (TPSA) is 60.6 Å². The van der Waals surface area contributed by atoms with Crippen LogP contribution in [0.5, 0.6) is 11.6 Å². The van der Waals surface area contributed by atoms with Crippen molar-refractivity contribution >= 4 is 28.7 Å². The molecule has 19 heavy (non-hydrogen) atoms. The molecule has 1 heterocycles. The van der Waals surface area contributed by atoms with Crippen LogP contribution in [0.25, 0.3) is 10.9 Å². The van der Waals surface area contributed by atoms with Crippen molar-refractivity contribution in [2.75, 3.05) is 19.6 Å². The van der Waals surface area contributed by atoms with Crippen molar-refractivity contribution in [3.05, 3.63) is 24.3 Å². The number of fused-ring (bicyclic) bond motifs is 1. The first-order valence-electron chi connectivity index (χ1n) is 5.81. The molecule has 0 aliphatic rings. The lowest BCUT2D eigenvalue weighted by Crippen LogP contribution is -2.08. The Labute approximate surface area is 115 Å². The van der Waals surface area contributed by atoms with Gasteiger partial charge in [0, 0.05) is 11.3 Å². The molecule has 102 valence electrons. The third-order valence-corrected chi connectivity index (χ3v) is 2.77. The van der Waals surface area contributed by atoms with E-state index < -0.39 is 6.16 Å². The zero-order chi connectivity index (χ0) is 13.7. The van der Waals surface area contributed by atoms with Crippen molar-refractivity contribution in [2.45, 2.75) is 6.42 Å². The van der Waals surface area contributed by atoms with Crippen molar-refractivity contribution in [1.29, 1.82) is 0 Å². The van der Waals surface area contributed by atoms with Gasteiger partial charge in [0.25, 0.3) is 0 Å². The number of hydrogen-bond donors (Lipinski definition) is 1. The van der Waals surface area contributed by atoms with E-state index in [2.05, 4.69) is 9.72 Å². The molecule has 1 N–H and O–H groups in total. The highest BCUT2D eigenvalue weighted by molar-refractivity contribution is 6.17. The van der Waals surface area contributed by atoms with Gasteiger partial charge in [0.2, 0.25) is 11.6 Å². The van der Waals surface area contributed by atoms with Gasteiger partial charge in [-0.25, -0.2) is 4.79 Å². The Morgan fingerprint density at radius 2 is 2.16 bits per heavy atom. The maximum Gasteiger partial charge on any atom is 0.513 e. The van der Waals surface area contributed by atoms with E-state index in [0.717, 1.165) is 10.9 Å². The summed E-state index contributed by atoms with van der Waals surface area (Å²) < 4.78 is 15.2. The first kappa shape index (κ1) is 13.5. The average molecular weight is 284 g/mol. The fourth-order valence-corrected chi connectivity index (χ4v) is 1.76. The van der Waals surface area contributed by atoms with Crippen LogP contribution < -0.4 is 9.47 Å². The van der Waals surface area contributed by atoms with Crippen LogP contribution in [0.1, 0.15) is 6.42 Å². The molecular formula is C13H14ClNO4. The van der Waals surface area contributed by atoms with Gasteiger partial charge in [-0.1, -0.05) is 12.1 Å². The second-order valence-electron chi connectivity index (χ2n) is 3.78. The maximum atomic E-state index is 11.3. The highest BCUT2D eigenvalue weighted by Gasteiger charge is 2.17. The highest BCUT2D eigenvalue weighted by Crippen LogP contribution is 2.36. The standard InChI is InChI=1S/C13H14ClNO4/c1-17-13(16)19-11-9-5-2-3-6-10(9)15-12(11)18-8-4-7-14/h2-3,5-6,15H,4,7-8H2,1H3. The Balaban J connectivity index is 2.31. The van der Waals surface area contributed by atoms with E-state index in [0.29, 0.717) is 30.5 Å². The third kappa shape index (κ3) is 3.12. The molecule has 0 saturated carbocycles. The van der Waals surface area contributed by atoms with E-state index in [1.54, 1.807) is 0 Å². The summed E-state index contributed by atoms with van der Waals surface area (Å²) in [5, 5.41) is 0.758. The number of methoxy groups -OCH3 is 1. The predicted molar refractivity (Wildman–Crippen MR) is 72.2 cm³/mol. The van der Waals surface area contributed by atoms with Crippen molar-refractivity contribution < 1.29 is 19.0 Å². The van der Waals surface area contributed by atoms with Crippen LogP contribution in [-0.2, 0) is 4.74 Å². The lowest BCUT2D eigenvalue weighted by Gasteiger charge is -2.06. The van der Waals surface area contributed by atoms with Crippen LogP contribution in [0.4, 0.5) is 4.79 Å². The third-order valence-electron chi connectivity index (χ3n) is 2.50. The summed E-state index contributed by atoms with van der Waals surface area (Å²) in [6.45, 7) is 0.438.